The van der Waals surface area contributed by atoms with Crippen LogP contribution in [0, 0.1) is 11.3 Å². The van der Waals surface area contributed by atoms with Gasteiger partial charge in [-0.25, -0.2) is 0 Å². The largest absolute Gasteiger partial charge is 0.493 e. The summed E-state index contributed by atoms with van der Waals surface area (Å²) in [6, 6.07) is 41.5. The summed E-state index contributed by atoms with van der Waals surface area (Å²) in [4.78, 5) is 35.1. The Bertz CT molecular complexity index is 3340. The van der Waals surface area contributed by atoms with Crippen LogP contribution in [0.25, 0.3) is 44.1 Å². The van der Waals surface area contributed by atoms with Crippen molar-refractivity contribution in [2.75, 3.05) is 104 Å². The molecule has 2 N–H and O–H groups in total. The molecule has 0 unspecified atom stereocenters. The number of methoxy groups -OCH3 is 4. The van der Waals surface area contributed by atoms with Crippen LogP contribution in [0.5, 0.6) is 35.0 Å². The zero-order chi connectivity index (χ0) is 52.1. The number of ether oxygens (including phenoxy) is 8. The molecule has 0 atom stereocenters. The first-order valence-electron chi connectivity index (χ1n) is 24.6. The number of hydrogen-bond acceptors (Lipinski definition) is 16. The van der Waals surface area contributed by atoms with Crippen LogP contribution < -0.4 is 44.0 Å². The third-order valence-corrected chi connectivity index (χ3v) is 12.9. The van der Waals surface area contributed by atoms with Crippen LogP contribution >= 0.6 is 0 Å². The van der Waals surface area contributed by atoms with Gasteiger partial charge in [0.1, 0.15) is 11.6 Å². The fraction of sp³-hybridized carbons (Fsp3) is 0.276. The second-order valence-electron chi connectivity index (χ2n) is 17.5. The highest BCUT2D eigenvalue weighted by Gasteiger charge is 2.21. The summed E-state index contributed by atoms with van der Waals surface area (Å²) in [7, 11) is 6.48. The van der Waals surface area contributed by atoms with Crippen molar-refractivity contribution in [1.29, 1.82) is 5.26 Å². The first-order valence-corrected chi connectivity index (χ1v) is 24.6. The average Bonchev–Trinajstić information content (AvgIpc) is 3.47. The minimum atomic E-state index is -0.458. The fourth-order valence-corrected chi connectivity index (χ4v) is 8.92. The smallest absolute Gasteiger partial charge is 0.318 e. The number of hydrogen-bond donors (Lipinski definition) is 1. The first kappa shape index (κ1) is 51.2. The third-order valence-electron chi connectivity index (χ3n) is 12.9. The number of nitrogens with two attached hydrogens (primary N) is 1. The summed E-state index contributed by atoms with van der Waals surface area (Å²) >= 11 is 0. The number of amides is 1. The lowest BCUT2D eigenvalue weighted by Crippen LogP contribution is -2.37. The number of carbonyl (C=O) groups excluding carboxylic acids is 1. The highest BCUT2D eigenvalue weighted by atomic mass is 16.5. The second kappa shape index (κ2) is 24.3. The molecule has 2 fully saturated rings. The molecule has 384 valence electrons. The molecule has 2 aliphatic heterocycles. The normalized spacial score (nSPS) is 13.3. The maximum absolute atomic E-state index is 11.7. The predicted molar refractivity (Wildman–Crippen MR) is 287 cm³/mol. The number of rotatable bonds is 17. The quantitative estimate of drug-likeness (QED) is 0.0910. The Morgan fingerprint density at radius 1 is 0.547 bits per heavy atom. The number of primary amides is 1. The highest BCUT2D eigenvalue weighted by molar-refractivity contribution is 5.97. The van der Waals surface area contributed by atoms with Gasteiger partial charge in [0.25, 0.3) is 0 Å². The van der Waals surface area contributed by atoms with E-state index in [9.17, 15) is 10.1 Å². The lowest BCUT2D eigenvalue weighted by atomic mass is 10.0. The SMILES string of the molecule is COc1ccc(CCOc2nc(N3CCOCC3)c3cc(-c4cccc(C#N)c4)ccc3n2)cc1OC.COc1ccc(CCOc2nc(N3CCOCC3)c3cc(-c4cccc(C(N)=O)c4)ccc3n2)cc1OC. The molecule has 0 radical (unpaired) electrons. The van der Waals surface area contributed by atoms with Gasteiger partial charge in [-0.2, -0.15) is 25.2 Å². The van der Waals surface area contributed by atoms with E-state index in [0.717, 1.165) is 93.0 Å². The van der Waals surface area contributed by atoms with Crippen LogP contribution in [-0.4, -0.2) is 120 Å². The fourth-order valence-electron chi connectivity index (χ4n) is 8.92. The van der Waals surface area contributed by atoms with Crippen molar-refractivity contribution in [3.8, 4) is 63.3 Å². The summed E-state index contributed by atoms with van der Waals surface area (Å²) < 4.78 is 44.6. The van der Waals surface area contributed by atoms with E-state index in [-0.39, 0.29) is 0 Å². The number of nitrogens with zero attached hydrogens (tertiary/aromatic N) is 7. The molecule has 4 heterocycles. The number of nitriles is 1. The molecule has 0 bridgehead atoms. The zero-order valence-electron chi connectivity index (χ0n) is 42.4. The van der Waals surface area contributed by atoms with Gasteiger partial charge < -0.3 is 53.4 Å². The molecule has 2 saturated heterocycles. The average molecular weight is 1010 g/mol. The van der Waals surface area contributed by atoms with E-state index in [2.05, 4.69) is 21.9 Å². The van der Waals surface area contributed by atoms with E-state index >= 15 is 0 Å². The lowest BCUT2D eigenvalue weighted by Gasteiger charge is -2.29. The number of carbonyl (C=O) groups is 1. The van der Waals surface area contributed by atoms with Crippen LogP contribution in [0.15, 0.2) is 121 Å². The van der Waals surface area contributed by atoms with Crippen LogP contribution in [0.1, 0.15) is 27.0 Å². The molecule has 2 aliphatic rings. The third kappa shape index (κ3) is 12.4. The van der Waals surface area contributed by atoms with Crippen molar-refractivity contribution >= 4 is 39.3 Å². The number of anilines is 2. The molecule has 17 heteroatoms. The van der Waals surface area contributed by atoms with Crippen LogP contribution in [0.3, 0.4) is 0 Å². The van der Waals surface area contributed by atoms with E-state index in [1.807, 2.05) is 97.1 Å². The summed E-state index contributed by atoms with van der Waals surface area (Å²) in [5, 5.41) is 11.1. The number of aromatic nitrogens is 4. The van der Waals surface area contributed by atoms with Gasteiger partial charge >= 0.3 is 12.0 Å². The number of morpholine rings is 2. The minimum Gasteiger partial charge on any atom is -0.493 e. The van der Waals surface area contributed by atoms with Gasteiger partial charge in [-0.05, 0) is 106 Å². The topological polar surface area (TPSA) is 199 Å². The Hall–Kier alpha value is -8.72. The molecular formula is C58H58N8O9. The summed E-state index contributed by atoms with van der Waals surface area (Å²) in [5.41, 5.74) is 14.1. The molecule has 0 aliphatic carbocycles. The Kier molecular flexibility index (Phi) is 16.6. The number of fused-ring (bicyclic) bond motifs is 2. The molecule has 6 aromatic carbocycles. The molecule has 2 aromatic heterocycles. The van der Waals surface area contributed by atoms with E-state index in [1.54, 1.807) is 46.6 Å². The van der Waals surface area contributed by atoms with Crippen molar-refractivity contribution in [2.45, 2.75) is 12.8 Å². The molecule has 10 rings (SSSR count). The van der Waals surface area contributed by atoms with Gasteiger partial charge in [0.15, 0.2) is 23.0 Å². The molecule has 1 amide bonds. The molecule has 0 saturated carbocycles. The Labute approximate surface area is 435 Å². The van der Waals surface area contributed by atoms with Crippen molar-refractivity contribution in [3.05, 3.63) is 144 Å². The Morgan fingerprint density at radius 3 is 1.45 bits per heavy atom. The Morgan fingerprint density at radius 2 is 1.00 bits per heavy atom. The van der Waals surface area contributed by atoms with E-state index in [1.165, 1.54) is 0 Å². The van der Waals surface area contributed by atoms with Crippen molar-refractivity contribution in [2.24, 2.45) is 5.73 Å². The zero-order valence-corrected chi connectivity index (χ0v) is 42.4. The van der Waals surface area contributed by atoms with E-state index < -0.39 is 5.91 Å². The predicted octanol–water partition coefficient (Wildman–Crippen LogP) is 8.51. The molecular weight excluding hydrogens is 953 g/mol. The van der Waals surface area contributed by atoms with Gasteiger partial charge in [0.2, 0.25) is 5.91 Å². The minimum absolute atomic E-state index is 0.322. The van der Waals surface area contributed by atoms with Crippen molar-refractivity contribution in [3.63, 3.8) is 0 Å². The summed E-state index contributed by atoms with van der Waals surface area (Å²) in [5.74, 6) is 3.91. The number of benzene rings is 6. The molecule has 8 aromatic rings. The molecule has 75 heavy (non-hydrogen) atoms. The van der Waals surface area contributed by atoms with Crippen molar-refractivity contribution in [1.82, 2.24) is 19.9 Å². The first-order chi connectivity index (χ1) is 36.7. The van der Waals surface area contributed by atoms with Gasteiger partial charge in [0, 0.05) is 55.4 Å². The van der Waals surface area contributed by atoms with Crippen molar-refractivity contribution < 1.29 is 42.7 Å². The van der Waals surface area contributed by atoms with Gasteiger partial charge in [-0.1, -0.05) is 48.5 Å². The molecule has 0 spiro atoms. The van der Waals surface area contributed by atoms with Crippen LogP contribution in [-0.2, 0) is 22.3 Å². The lowest BCUT2D eigenvalue weighted by molar-refractivity contribution is 0.1000. The highest BCUT2D eigenvalue weighted by Crippen LogP contribution is 2.35. The monoisotopic (exact) mass is 1010 g/mol. The standard InChI is InChI=1S/C29H30N4O5.C29H28N4O4/c1-35-25-9-6-19(16-26(25)36-2)10-13-38-29-31-24-8-7-21(20-4-3-5-22(17-20)27(30)34)18-23(24)28(32-29)33-11-14-37-15-12-33;1-34-26-9-6-20(17-27(26)35-2)10-13-37-29-31-25-8-7-23(22-5-3-4-21(16-22)19-30)18-24(25)28(32-29)33-11-14-36-15-12-33/h3-9,16-18H,10-15H2,1-2H3,(H2,30,34);3-9,16-18H,10-15H2,1-2H3. The van der Waals surface area contributed by atoms with E-state index in [0.29, 0.717) is 98.6 Å². The maximum atomic E-state index is 11.7. The van der Waals surface area contributed by atoms with E-state index in [4.69, 9.17) is 63.6 Å². The summed E-state index contributed by atoms with van der Waals surface area (Å²) in [6.07, 6.45) is 1.33. The maximum Gasteiger partial charge on any atom is 0.318 e. The summed E-state index contributed by atoms with van der Waals surface area (Å²) in [6.45, 7) is 6.29. The van der Waals surface area contributed by atoms with Gasteiger partial charge in [-0.3, -0.25) is 4.79 Å². The second-order valence-corrected chi connectivity index (χ2v) is 17.5. The van der Waals surface area contributed by atoms with Crippen LogP contribution in [0.4, 0.5) is 11.6 Å². The molecule has 17 nitrogen and oxygen atoms in total. The van der Waals surface area contributed by atoms with Crippen LogP contribution in [0.2, 0.25) is 0 Å². The Balaban J connectivity index is 0.000000184. The van der Waals surface area contributed by atoms with Gasteiger partial charge in [0.05, 0.1) is 90.7 Å². The van der Waals surface area contributed by atoms with Gasteiger partial charge in [-0.15, -0.1) is 0 Å².